The van der Waals surface area contributed by atoms with Gasteiger partial charge < -0.3 is 9.08 Å². The molecule has 0 saturated carbocycles. The first-order valence-corrected chi connectivity index (χ1v) is 10.6. The average molecular weight is 429 g/mol. The number of amides is 1. The first kappa shape index (κ1) is 22.7. The van der Waals surface area contributed by atoms with E-state index in [0.717, 1.165) is 18.4 Å². The smallest absolute Gasteiger partial charge is 0.383 e. The fourth-order valence-corrected chi connectivity index (χ4v) is 3.22. The van der Waals surface area contributed by atoms with Crippen molar-refractivity contribution in [2.45, 2.75) is 26.6 Å². The van der Waals surface area contributed by atoms with Crippen LogP contribution in [0.2, 0.25) is 0 Å². The highest BCUT2D eigenvalue weighted by atomic mass is 32.2. The van der Waals surface area contributed by atoms with E-state index in [2.05, 4.69) is 0 Å². The van der Waals surface area contributed by atoms with Crippen molar-refractivity contribution in [3.63, 3.8) is 0 Å². The summed E-state index contributed by atoms with van der Waals surface area (Å²) < 4.78 is 66.4. The molecular weight excluding hydrogens is 407 g/mol. The molecule has 0 aliphatic rings. The fraction of sp³-hybridized carbons (Fsp3) is 0.350. The molecule has 0 heterocycles. The molecule has 0 aromatic heterocycles. The summed E-state index contributed by atoms with van der Waals surface area (Å²) in [6, 6.07) is 10.5. The second-order valence-corrected chi connectivity index (χ2v) is 8.67. The maximum absolute atomic E-state index is 13.0. The van der Waals surface area contributed by atoms with E-state index in [1.165, 1.54) is 29.2 Å². The van der Waals surface area contributed by atoms with Gasteiger partial charge in [-0.05, 0) is 41.8 Å². The maximum Gasteiger partial charge on any atom is 0.416 e. The molecule has 0 fully saturated rings. The molecule has 0 N–H and O–H groups in total. The number of hydrogen-bond donors (Lipinski definition) is 0. The molecule has 2 aromatic rings. The number of halogens is 3. The first-order chi connectivity index (χ1) is 13.3. The van der Waals surface area contributed by atoms with Gasteiger partial charge in [-0.15, -0.1) is 0 Å². The highest BCUT2D eigenvalue weighted by Crippen LogP contribution is 2.30. The minimum atomic E-state index is -4.55. The monoisotopic (exact) mass is 429 g/mol. The predicted molar refractivity (Wildman–Crippen MR) is 103 cm³/mol. The highest BCUT2D eigenvalue weighted by Gasteiger charge is 2.31. The lowest BCUT2D eigenvalue weighted by atomic mass is 10.1. The van der Waals surface area contributed by atoms with Crippen LogP contribution in [-0.4, -0.2) is 32.0 Å². The summed E-state index contributed by atoms with van der Waals surface area (Å²) in [5, 5.41) is 0. The Balaban J connectivity index is 2.31. The van der Waals surface area contributed by atoms with Gasteiger partial charge in [0, 0.05) is 18.7 Å². The first-order valence-electron chi connectivity index (χ1n) is 8.80. The Hall–Kier alpha value is -2.55. The third-order valence-electron chi connectivity index (χ3n) is 3.83. The quantitative estimate of drug-likeness (QED) is 0.614. The maximum atomic E-state index is 13.0. The summed E-state index contributed by atoms with van der Waals surface area (Å²) in [5.74, 6) is -0.375. The molecule has 0 bridgehead atoms. The zero-order chi connectivity index (χ0) is 21.8. The van der Waals surface area contributed by atoms with E-state index in [0.29, 0.717) is 12.1 Å². The second kappa shape index (κ2) is 8.86. The lowest BCUT2D eigenvalue weighted by Gasteiger charge is -2.25. The SMILES string of the molecule is CC(C)CN(Cc1cccc(OS(C)(=O)=O)c1)C(=O)c1cccc(C(F)(F)F)c1. The van der Waals surface area contributed by atoms with Crippen LogP contribution in [0.25, 0.3) is 0 Å². The van der Waals surface area contributed by atoms with Crippen molar-refractivity contribution in [1.29, 1.82) is 0 Å². The van der Waals surface area contributed by atoms with Crippen molar-refractivity contribution >= 4 is 16.0 Å². The molecule has 0 unspecified atom stereocenters. The Morgan fingerprint density at radius 3 is 2.34 bits per heavy atom. The minimum absolute atomic E-state index is 0.0657. The van der Waals surface area contributed by atoms with Gasteiger partial charge in [0.2, 0.25) is 0 Å². The van der Waals surface area contributed by atoms with Crippen molar-refractivity contribution in [1.82, 2.24) is 4.90 Å². The Kier molecular flexibility index (Phi) is 6.94. The topological polar surface area (TPSA) is 63.7 Å². The third kappa shape index (κ3) is 7.08. The van der Waals surface area contributed by atoms with E-state index in [9.17, 15) is 26.4 Å². The molecular formula is C20H22F3NO4S. The highest BCUT2D eigenvalue weighted by molar-refractivity contribution is 7.86. The van der Waals surface area contributed by atoms with Crippen LogP contribution >= 0.6 is 0 Å². The van der Waals surface area contributed by atoms with Gasteiger partial charge in [-0.3, -0.25) is 4.79 Å². The van der Waals surface area contributed by atoms with Crippen LogP contribution in [0.4, 0.5) is 13.2 Å². The van der Waals surface area contributed by atoms with E-state index in [4.69, 9.17) is 4.18 Å². The molecule has 5 nitrogen and oxygen atoms in total. The number of benzene rings is 2. The van der Waals surface area contributed by atoms with E-state index >= 15 is 0 Å². The molecule has 158 valence electrons. The molecule has 29 heavy (non-hydrogen) atoms. The molecule has 0 atom stereocenters. The summed E-state index contributed by atoms with van der Waals surface area (Å²) in [7, 11) is -3.71. The third-order valence-corrected chi connectivity index (χ3v) is 4.32. The number of nitrogens with zero attached hydrogens (tertiary/aromatic N) is 1. The molecule has 9 heteroatoms. The largest absolute Gasteiger partial charge is 0.416 e. The van der Waals surface area contributed by atoms with Crippen LogP contribution in [0.15, 0.2) is 48.5 Å². The zero-order valence-corrected chi connectivity index (χ0v) is 17.0. The van der Waals surface area contributed by atoms with Crippen LogP contribution in [0.1, 0.15) is 35.3 Å². The van der Waals surface area contributed by atoms with Crippen molar-refractivity contribution in [2.24, 2.45) is 5.92 Å². The van der Waals surface area contributed by atoms with Gasteiger partial charge in [-0.25, -0.2) is 0 Å². The normalized spacial score (nSPS) is 12.1. The summed E-state index contributed by atoms with van der Waals surface area (Å²) in [4.78, 5) is 14.3. The van der Waals surface area contributed by atoms with E-state index in [-0.39, 0.29) is 23.8 Å². The summed E-state index contributed by atoms with van der Waals surface area (Å²) >= 11 is 0. The molecule has 0 saturated heterocycles. The van der Waals surface area contributed by atoms with E-state index < -0.39 is 27.8 Å². The van der Waals surface area contributed by atoms with Gasteiger partial charge in [-0.2, -0.15) is 21.6 Å². The molecule has 0 aliphatic carbocycles. The number of alkyl halides is 3. The van der Waals surface area contributed by atoms with Crippen LogP contribution < -0.4 is 4.18 Å². The zero-order valence-electron chi connectivity index (χ0n) is 16.2. The lowest BCUT2D eigenvalue weighted by molar-refractivity contribution is -0.137. The number of carbonyl (C=O) groups excluding carboxylic acids is 1. The van der Waals surface area contributed by atoms with Crippen LogP contribution in [-0.2, 0) is 22.8 Å². The molecule has 0 aliphatic heterocycles. The van der Waals surface area contributed by atoms with Crippen molar-refractivity contribution in [2.75, 3.05) is 12.8 Å². The number of rotatable bonds is 7. The summed E-state index contributed by atoms with van der Waals surface area (Å²) in [6.45, 7) is 4.17. The lowest BCUT2D eigenvalue weighted by Crippen LogP contribution is -2.34. The predicted octanol–water partition coefficient (Wildman–Crippen LogP) is 4.34. The van der Waals surface area contributed by atoms with Crippen LogP contribution in [0, 0.1) is 5.92 Å². The van der Waals surface area contributed by atoms with Gasteiger partial charge >= 0.3 is 16.3 Å². The minimum Gasteiger partial charge on any atom is -0.383 e. The van der Waals surface area contributed by atoms with E-state index in [1.54, 1.807) is 12.1 Å². The second-order valence-electron chi connectivity index (χ2n) is 7.09. The van der Waals surface area contributed by atoms with Crippen molar-refractivity contribution in [3.05, 3.63) is 65.2 Å². The van der Waals surface area contributed by atoms with Gasteiger partial charge in [0.25, 0.3) is 5.91 Å². The molecule has 0 spiro atoms. The molecule has 1 amide bonds. The number of hydrogen-bond acceptors (Lipinski definition) is 4. The summed E-state index contributed by atoms with van der Waals surface area (Å²) in [5.41, 5.74) is -0.368. The molecule has 0 radical (unpaired) electrons. The Bertz CT molecular complexity index is 972. The standard InChI is InChI=1S/C20H22F3NO4S/c1-14(2)12-24(13-15-6-4-9-18(10-15)28-29(3,26)27)19(25)16-7-5-8-17(11-16)20(21,22)23/h4-11,14H,12-13H2,1-3H3. The fourth-order valence-electron chi connectivity index (χ4n) is 2.76. The molecule has 2 rings (SSSR count). The Labute approximate surface area is 168 Å². The van der Waals surface area contributed by atoms with Crippen LogP contribution in [0.5, 0.6) is 5.75 Å². The Morgan fingerprint density at radius 2 is 1.76 bits per heavy atom. The van der Waals surface area contributed by atoms with Crippen molar-refractivity contribution < 1.29 is 30.6 Å². The van der Waals surface area contributed by atoms with Gasteiger partial charge in [0.05, 0.1) is 11.8 Å². The van der Waals surface area contributed by atoms with Crippen LogP contribution in [0.3, 0.4) is 0 Å². The number of carbonyl (C=O) groups is 1. The van der Waals surface area contributed by atoms with Gasteiger partial charge in [-0.1, -0.05) is 32.0 Å². The van der Waals surface area contributed by atoms with Crippen molar-refractivity contribution in [3.8, 4) is 5.75 Å². The van der Waals surface area contributed by atoms with Gasteiger partial charge in [0.15, 0.2) is 0 Å². The molecule has 2 aromatic carbocycles. The average Bonchev–Trinajstić information content (AvgIpc) is 2.58. The summed E-state index contributed by atoms with van der Waals surface area (Å²) in [6.07, 6.45) is -3.63. The Morgan fingerprint density at radius 1 is 1.10 bits per heavy atom. The van der Waals surface area contributed by atoms with Gasteiger partial charge in [0.1, 0.15) is 5.75 Å². The van der Waals surface area contributed by atoms with E-state index in [1.807, 2.05) is 13.8 Å².